The van der Waals surface area contributed by atoms with Crippen molar-refractivity contribution < 1.29 is 23.5 Å². The lowest BCUT2D eigenvalue weighted by Crippen LogP contribution is -2.56. The predicted octanol–water partition coefficient (Wildman–Crippen LogP) is 3.18. The van der Waals surface area contributed by atoms with Crippen LogP contribution in [0.3, 0.4) is 0 Å². The number of aryl methyl sites for hydroxylation is 2. The van der Waals surface area contributed by atoms with E-state index in [1.807, 2.05) is 0 Å². The van der Waals surface area contributed by atoms with Crippen molar-refractivity contribution in [1.29, 1.82) is 0 Å². The van der Waals surface area contributed by atoms with E-state index >= 15 is 0 Å². The van der Waals surface area contributed by atoms with Crippen molar-refractivity contribution in [3.05, 3.63) is 52.9 Å². The van der Waals surface area contributed by atoms with E-state index in [2.05, 4.69) is 15.3 Å². The first kappa shape index (κ1) is 24.1. The van der Waals surface area contributed by atoms with Gasteiger partial charge in [-0.15, -0.1) is 0 Å². The molecule has 0 radical (unpaired) electrons. The van der Waals surface area contributed by atoms with Gasteiger partial charge in [-0.25, -0.2) is 23.9 Å². The number of amides is 3. The minimum Gasteiger partial charge on any atom is -0.459 e. The highest BCUT2D eigenvalue weighted by Crippen LogP contribution is 2.20. The number of nitrogens with zero attached hydrogens (tertiary/aromatic N) is 4. The Hall–Kier alpha value is -3.56. The fourth-order valence-electron chi connectivity index (χ4n) is 3.73. The third-order valence-electron chi connectivity index (χ3n) is 5.24. The standard InChI is InChI=1S/C23H28FN5O4/c1-13(2)33-22(31)19-15(4)25-16(5)26-20(19)21(30)28-10-11-29(14(3)12-28)23(32)27-18-9-7-6-8-17(18)24/h6-9,13-14H,10-12H2,1-5H3,(H,27,32). The van der Waals surface area contributed by atoms with Crippen LogP contribution in [0.15, 0.2) is 24.3 Å². The Bertz CT molecular complexity index is 1070. The highest BCUT2D eigenvalue weighted by atomic mass is 19.1. The smallest absolute Gasteiger partial charge is 0.342 e. The Kier molecular flexibility index (Phi) is 7.25. The second kappa shape index (κ2) is 9.93. The SMILES string of the molecule is Cc1nc(C)c(C(=O)OC(C)C)c(C(=O)N2CCN(C(=O)Nc3ccccc3F)C(C)C2)n1. The van der Waals surface area contributed by atoms with E-state index in [4.69, 9.17) is 4.74 Å². The zero-order valence-electron chi connectivity index (χ0n) is 19.4. The topological polar surface area (TPSA) is 105 Å². The molecule has 1 aromatic heterocycles. The van der Waals surface area contributed by atoms with Crippen molar-refractivity contribution in [2.24, 2.45) is 0 Å². The van der Waals surface area contributed by atoms with Crippen molar-refractivity contribution in [2.75, 3.05) is 25.0 Å². The molecular formula is C23H28FN5O4. The molecule has 33 heavy (non-hydrogen) atoms. The van der Waals surface area contributed by atoms with Gasteiger partial charge in [-0.2, -0.15) is 0 Å². The number of urea groups is 1. The van der Waals surface area contributed by atoms with Crippen molar-refractivity contribution >= 4 is 23.6 Å². The van der Waals surface area contributed by atoms with E-state index in [0.29, 0.717) is 11.5 Å². The van der Waals surface area contributed by atoms with Gasteiger partial charge in [0.05, 0.1) is 17.5 Å². The van der Waals surface area contributed by atoms with Crippen molar-refractivity contribution in [2.45, 2.75) is 46.8 Å². The molecule has 0 aliphatic carbocycles. The number of para-hydroxylation sites is 1. The van der Waals surface area contributed by atoms with E-state index in [-0.39, 0.29) is 48.7 Å². The quantitative estimate of drug-likeness (QED) is 0.707. The Morgan fingerprint density at radius 2 is 1.85 bits per heavy atom. The third-order valence-corrected chi connectivity index (χ3v) is 5.24. The zero-order valence-corrected chi connectivity index (χ0v) is 19.4. The summed E-state index contributed by atoms with van der Waals surface area (Å²) in [7, 11) is 0. The first-order valence-corrected chi connectivity index (χ1v) is 10.8. The summed E-state index contributed by atoms with van der Waals surface area (Å²) in [5, 5.41) is 2.57. The number of ether oxygens (including phenoxy) is 1. The maximum absolute atomic E-state index is 13.9. The molecule has 1 saturated heterocycles. The lowest BCUT2D eigenvalue weighted by atomic mass is 10.1. The number of nitrogens with one attached hydrogen (secondary N) is 1. The van der Waals surface area contributed by atoms with Gasteiger partial charge in [-0.3, -0.25) is 4.79 Å². The molecule has 3 rings (SSSR count). The van der Waals surface area contributed by atoms with Gasteiger partial charge in [-0.1, -0.05) is 12.1 Å². The number of carbonyl (C=O) groups excluding carboxylic acids is 3. The van der Waals surface area contributed by atoms with Gasteiger partial charge in [0, 0.05) is 25.7 Å². The first-order chi connectivity index (χ1) is 15.6. The number of hydrogen-bond acceptors (Lipinski definition) is 6. The van der Waals surface area contributed by atoms with E-state index in [1.54, 1.807) is 56.6 Å². The molecule has 3 amide bonds. The average Bonchev–Trinajstić information content (AvgIpc) is 2.73. The number of aromatic nitrogens is 2. The second-order valence-electron chi connectivity index (χ2n) is 8.24. The first-order valence-electron chi connectivity index (χ1n) is 10.8. The van der Waals surface area contributed by atoms with Crippen LogP contribution in [0.5, 0.6) is 0 Å². The number of piperazine rings is 1. The molecule has 2 aromatic rings. The van der Waals surface area contributed by atoms with Crippen LogP contribution in [0.2, 0.25) is 0 Å². The Labute approximate surface area is 191 Å². The molecule has 176 valence electrons. The average molecular weight is 458 g/mol. The second-order valence-corrected chi connectivity index (χ2v) is 8.24. The van der Waals surface area contributed by atoms with E-state index in [1.165, 1.54) is 12.1 Å². The zero-order chi connectivity index (χ0) is 24.3. The summed E-state index contributed by atoms with van der Waals surface area (Å²) in [5.74, 6) is -1.24. The Morgan fingerprint density at radius 1 is 1.15 bits per heavy atom. The summed E-state index contributed by atoms with van der Waals surface area (Å²) >= 11 is 0. The molecule has 1 unspecified atom stereocenters. The minimum absolute atomic E-state index is 0.0119. The van der Waals surface area contributed by atoms with Crippen LogP contribution in [0.25, 0.3) is 0 Å². The van der Waals surface area contributed by atoms with Crippen LogP contribution in [0, 0.1) is 19.7 Å². The van der Waals surface area contributed by atoms with Gasteiger partial charge < -0.3 is 19.9 Å². The molecule has 1 atom stereocenters. The maximum Gasteiger partial charge on any atom is 0.342 e. The molecule has 1 N–H and O–H groups in total. The molecule has 0 spiro atoms. The minimum atomic E-state index is -0.651. The summed E-state index contributed by atoms with van der Waals surface area (Å²) in [6, 6.07) is 5.13. The molecule has 2 heterocycles. The summed E-state index contributed by atoms with van der Waals surface area (Å²) in [6.07, 6.45) is -0.363. The molecule has 10 heteroatoms. The summed E-state index contributed by atoms with van der Waals surface area (Å²) in [5.41, 5.74) is 0.495. The van der Waals surface area contributed by atoms with Gasteiger partial charge in [-0.05, 0) is 46.8 Å². The van der Waals surface area contributed by atoms with Crippen LogP contribution in [-0.2, 0) is 4.74 Å². The highest BCUT2D eigenvalue weighted by molar-refractivity contribution is 6.04. The molecule has 1 aliphatic rings. The molecule has 0 saturated carbocycles. The monoisotopic (exact) mass is 457 g/mol. The van der Waals surface area contributed by atoms with Crippen LogP contribution in [0.1, 0.15) is 53.1 Å². The van der Waals surface area contributed by atoms with E-state index in [0.717, 1.165) is 0 Å². The number of carbonyl (C=O) groups is 3. The molecule has 1 aromatic carbocycles. The molecule has 1 fully saturated rings. The van der Waals surface area contributed by atoms with Crippen LogP contribution in [-0.4, -0.2) is 69.5 Å². The largest absolute Gasteiger partial charge is 0.459 e. The number of rotatable bonds is 4. The molecule has 1 aliphatic heterocycles. The molecule has 0 bridgehead atoms. The van der Waals surface area contributed by atoms with E-state index < -0.39 is 23.7 Å². The fraction of sp³-hybridized carbons (Fsp3) is 0.435. The van der Waals surface area contributed by atoms with Gasteiger partial charge in [0.1, 0.15) is 22.9 Å². The maximum atomic E-state index is 13.9. The van der Waals surface area contributed by atoms with Crippen LogP contribution >= 0.6 is 0 Å². The predicted molar refractivity (Wildman–Crippen MR) is 120 cm³/mol. The van der Waals surface area contributed by atoms with Crippen LogP contribution < -0.4 is 5.32 Å². The normalized spacial score (nSPS) is 16.0. The number of esters is 1. The Balaban J connectivity index is 1.76. The van der Waals surface area contributed by atoms with Gasteiger partial charge >= 0.3 is 12.0 Å². The highest BCUT2D eigenvalue weighted by Gasteiger charge is 2.34. The van der Waals surface area contributed by atoms with Gasteiger partial charge in [0.2, 0.25) is 0 Å². The third kappa shape index (κ3) is 5.44. The van der Waals surface area contributed by atoms with Crippen LogP contribution in [0.4, 0.5) is 14.9 Å². The van der Waals surface area contributed by atoms with Gasteiger partial charge in [0.15, 0.2) is 0 Å². The van der Waals surface area contributed by atoms with Crippen molar-refractivity contribution in [3.8, 4) is 0 Å². The van der Waals surface area contributed by atoms with Crippen molar-refractivity contribution in [3.63, 3.8) is 0 Å². The number of anilines is 1. The number of benzene rings is 1. The molecular weight excluding hydrogens is 429 g/mol. The van der Waals surface area contributed by atoms with Crippen molar-refractivity contribution in [1.82, 2.24) is 19.8 Å². The summed E-state index contributed by atoms with van der Waals surface area (Å²) < 4.78 is 19.2. The number of hydrogen-bond donors (Lipinski definition) is 1. The lowest BCUT2D eigenvalue weighted by molar-refractivity contribution is 0.0367. The van der Waals surface area contributed by atoms with Gasteiger partial charge in [0.25, 0.3) is 5.91 Å². The van der Waals surface area contributed by atoms with E-state index in [9.17, 15) is 18.8 Å². The summed E-state index contributed by atoms with van der Waals surface area (Å²) in [4.78, 5) is 50.2. The fourth-order valence-corrected chi connectivity index (χ4v) is 3.73. The lowest BCUT2D eigenvalue weighted by Gasteiger charge is -2.39. The number of halogens is 1. The summed E-state index contributed by atoms with van der Waals surface area (Å²) in [6.45, 7) is 9.21. The Morgan fingerprint density at radius 3 is 2.48 bits per heavy atom. The molecule has 9 nitrogen and oxygen atoms in total.